The maximum Gasteiger partial charge on any atom is 0.490 e. The summed E-state index contributed by atoms with van der Waals surface area (Å²) >= 11 is 5.33. The van der Waals surface area contributed by atoms with Crippen LogP contribution < -0.4 is 43.9 Å². The molecule has 2 aromatic carbocycles. The second kappa shape index (κ2) is 42.9. The number of phosphoric ester groups is 1. The summed E-state index contributed by atoms with van der Waals surface area (Å²) in [4.78, 5) is 90.9. The Balaban J connectivity index is 0.00000256. The van der Waals surface area contributed by atoms with Crippen LogP contribution in [0.1, 0.15) is 74.2 Å². The van der Waals surface area contributed by atoms with Crippen molar-refractivity contribution in [1.29, 1.82) is 0 Å². The number of alkyl carbamates (subject to hydrolysis) is 2. The number of hydrogen-bond donors (Lipinski definition) is 11. The van der Waals surface area contributed by atoms with Crippen LogP contribution in [0.2, 0.25) is 0 Å². The normalized spacial score (nSPS) is 15.7. The van der Waals surface area contributed by atoms with Crippen LogP contribution in [0.15, 0.2) is 76.6 Å². The van der Waals surface area contributed by atoms with Gasteiger partial charge < -0.3 is 89.7 Å². The highest BCUT2D eigenvalue weighted by atomic mass is 33.1. The quantitative estimate of drug-likeness (QED) is 0.00515. The number of aromatic carboxylic acids is 1. The van der Waals surface area contributed by atoms with Crippen molar-refractivity contribution in [2.24, 2.45) is 0 Å². The Kier molecular flexibility index (Phi) is 36.9. The Bertz CT molecular complexity index is 4220. The fraction of sp³-hybridized carbons (Fsp3) is 0.455. The first-order chi connectivity index (χ1) is 47.5. The maximum atomic E-state index is 13.0. The number of nitrogens with two attached hydrogens (primary N) is 3. The van der Waals surface area contributed by atoms with Crippen LogP contribution in [0.25, 0.3) is 39.1 Å². The maximum absolute atomic E-state index is 13.0. The molecular formula is C55H74N8O29P3S6+. The van der Waals surface area contributed by atoms with Crippen molar-refractivity contribution in [3.8, 4) is 34.3 Å². The molecule has 0 bridgehead atoms. The molecule has 3 aromatic rings. The third-order valence-corrected chi connectivity index (χ3v) is 21.8. The summed E-state index contributed by atoms with van der Waals surface area (Å²) in [7, 11) is -20.7. The molecule has 1 aliphatic carbocycles. The summed E-state index contributed by atoms with van der Waals surface area (Å²) in [5, 5.41) is 25.8. The molecule has 2 amide bonds. The molecule has 3 aliphatic rings. The molecule has 0 radical (unpaired) electrons. The number of carbonyl (C=O) groups excluding carboxylic acids is 2. The molecule has 101 heavy (non-hydrogen) atoms. The van der Waals surface area contributed by atoms with Gasteiger partial charge in [0.25, 0.3) is 0 Å². The van der Waals surface area contributed by atoms with E-state index in [-0.39, 0.29) is 67.0 Å². The summed E-state index contributed by atoms with van der Waals surface area (Å²) in [5.41, 5.74) is 15.3. The number of nitrogens with zero attached hydrogens (tertiary/aromatic N) is 2. The van der Waals surface area contributed by atoms with Crippen LogP contribution in [0.4, 0.5) is 21.1 Å². The number of phosphoric acid groups is 3. The molecule has 3 heterocycles. The zero-order valence-corrected chi connectivity index (χ0v) is 61.5. The number of amides is 2. The van der Waals surface area contributed by atoms with Crippen molar-refractivity contribution in [2.75, 3.05) is 102 Å². The minimum Gasteiger partial charge on any atom is -0.478 e. The van der Waals surface area contributed by atoms with Gasteiger partial charge in [0.05, 0.1) is 82.0 Å². The number of carboxylic acid groups (broad SMARTS) is 1. The van der Waals surface area contributed by atoms with Crippen molar-refractivity contribution in [2.45, 2.75) is 69.6 Å². The molecule has 46 heteroatoms. The highest BCUT2D eigenvalue weighted by Crippen LogP contribution is 2.66. The van der Waals surface area contributed by atoms with E-state index in [1.54, 1.807) is 65.4 Å². The first kappa shape index (κ1) is 86.8. The lowest BCUT2D eigenvalue weighted by Crippen LogP contribution is -2.44. The summed E-state index contributed by atoms with van der Waals surface area (Å²) in [6.07, 6.45) is -1.74. The molecule has 37 nitrogen and oxygen atoms in total. The molecule has 0 spiro atoms. The van der Waals surface area contributed by atoms with Crippen molar-refractivity contribution < 1.29 is 134 Å². The van der Waals surface area contributed by atoms with E-state index < -0.39 is 103 Å². The third kappa shape index (κ3) is 33.2. The van der Waals surface area contributed by atoms with Crippen molar-refractivity contribution >= 4 is 133 Å². The topological polar surface area (TPSA) is 560 Å². The number of nitrogens with one attached hydrogen (secondary N) is 3. The monoisotopic (exact) mass is 1600 g/mol. The zero-order chi connectivity index (χ0) is 75.1. The number of ether oxygens (including phenoxy) is 7. The van der Waals surface area contributed by atoms with Crippen LogP contribution in [-0.4, -0.2) is 185 Å². The zero-order valence-electron chi connectivity index (χ0n) is 53.9. The number of aromatic nitrogens is 2. The standard InChI is InChI=1S/C55H73N8O23P3S4.2O3S/c1-5-93(90)34-81-46-30-48(84-47(46)32-82-88(72,73)86-89(74,75)85-87(69,70)71)63-31-37(50(58)62-52(63)66)9-8-17-60-53(67)79-21-7-6-20-78-33-91-92-55(3,4)16-22-80-54(68)61-19-24-77-26-25-76-23-18-59-35(2)36-10-13-40(51(64)65)43(27-36)49-41-14-11-38(56)28-44(41)83-45-29-39(57)12-15-42(45)49;2*1-4(2)3/h10-15,27-29,31,46-48,56,59H,2,5-7,16-26,30,32-34,57H2,1,3-4H3,(H,60,67)(H,61,68)(H,64,65)(H,72,73)(H,74,75)(H2,58,62,66)(H2,69,70,71);;/p+1/t46-,47-,48-,93?;;/m1../s1. The number of nitrogen functional groups attached to an aromatic ring is 2. The lowest BCUT2D eigenvalue weighted by Gasteiger charge is -2.22. The number of fused-ring (bicyclic) bond motifs is 2. The average molecular weight is 1600 g/mol. The van der Waals surface area contributed by atoms with E-state index in [0.717, 1.165) is 4.57 Å². The van der Waals surface area contributed by atoms with Gasteiger partial charge in [-0.2, -0.15) is 13.6 Å². The highest BCUT2D eigenvalue weighted by molar-refractivity contribution is 8.77. The highest BCUT2D eigenvalue weighted by Gasteiger charge is 2.44. The van der Waals surface area contributed by atoms with Gasteiger partial charge >= 0.3 is 68.5 Å². The van der Waals surface area contributed by atoms with Crippen molar-refractivity contribution in [1.82, 2.24) is 25.5 Å². The fourth-order valence-electron chi connectivity index (χ4n) is 8.50. The smallest absolute Gasteiger partial charge is 0.478 e. The third-order valence-electron chi connectivity index (χ3n) is 12.9. The Labute approximate surface area is 594 Å². The summed E-state index contributed by atoms with van der Waals surface area (Å²) in [5.74, 6) is 5.56. The van der Waals surface area contributed by atoms with Gasteiger partial charge in [-0.05, 0) is 91.5 Å². The number of anilines is 2. The summed E-state index contributed by atoms with van der Waals surface area (Å²) in [6.45, 7) is 11.6. The lowest BCUT2D eigenvalue weighted by atomic mass is 9.89. The molecule has 6 rings (SSSR count). The van der Waals surface area contributed by atoms with E-state index in [1.165, 1.54) is 17.0 Å². The number of carboxylic acids is 1. The predicted octanol–water partition coefficient (Wildman–Crippen LogP) is 2.75. The number of hydrogen-bond acceptors (Lipinski definition) is 31. The summed E-state index contributed by atoms with van der Waals surface area (Å²) < 4.78 is 144. The number of unbranched alkanes of at least 4 members (excludes halogenated alkanes) is 1. The molecule has 3 unspecified atom stereocenters. The fourth-order valence-corrected chi connectivity index (χ4v) is 14.5. The van der Waals surface area contributed by atoms with E-state index in [4.69, 9.17) is 105 Å². The van der Waals surface area contributed by atoms with Crippen LogP contribution in [0, 0.1) is 11.8 Å². The van der Waals surface area contributed by atoms with Gasteiger partial charge in [0.15, 0.2) is 5.36 Å². The predicted molar refractivity (Wildman–Crippen MR) is 369 cm³/mol. The molecule has 14 N–H and O–H groups in total. The molecule has 2 aliphatic heterocycles. The van der Waals surface area contributed by atoms with Crippen LogP contribution in [0.3, 0.4) is 0 Å². The average Bonchev–Trinajstić information content (AvgIpc) is 1.26. The molecule has 558 valence electrons. The second-order valence-corrected chi connectivity index (χ2v) is 32.2. The van der Waals surface area contributed by atoms with Gasteiger partial charge in [-0.1, -0.05) is 62.5 Å². The van der Waals surface area contributed by atoms with Crippen molar-refractivity contribution in [3.05, 3.63) is 99.9 Å². The van der Waals surface area contributed by atoms with Crippen LogP contribution >= 0.6 is 45.1 Å². The summed E-state index contributed by atoms with van der Waals surface area (Å²) in [6, 6.07) is 15.5. The van der Waals surface area contributed by atoms with E-state index in [0.29, 0.717) is 120 Å². The largest absolute Gasteiger partial charge is 0.490 e. The molecule has 1 saturated heterocycles. The van der Waals surface area contributed by atoms with Gasteiger partial charge in [0.1, 0.15) is 35.4 Å². The van der Waals surface area contributed by atoms with Gasteiger partial charge in [-0.3, -0.25) is 14.5 Å². The Morgan fingerprint density at radius 3 is 2.16 bits per heavy atom. The van der Waals surface area contributed by atoms with E-state index >= 15 is 0 Å². The van der Waals surface area contributed by atoms with Crippen molar-refractivity contribution in [3.63, 3.8) is 0 Å². The number of benzene rings is 3. The Hall–Kier alpha value is -6.56. The van der Waals surface area contributed by atoms with Gasteiger partial charge in [0.2, 0.25) is 0 Å². The Morgan fingerprint density at radius 1 is 0.842 bits per heavy atom. The van der Waals surface area contributed by atoms with E-state index in [2.05, 4.69) is 48.0 Å². The molecule has 1 fully saturated rings. The van der Waals surface area contributed by atoms with E-state index in [1.807, 2.05) is 20.8 Å². The molecule has 1 aromatic heterocycles. The Morgan fingerprint density at radius 2 is 1.50 bits per heavy atom. The molecular weight excluding hydrogens is 1520 g/mol. The lowest BCUT2D eigenvalue weighted by molar-refractivity contribution is -0.172. The van der Waals surface area contributed by atoms with Gasteiger partial charge in [-0.25, -0.2) is 32.9 Å². The second-order valence-electron chi connectivity index (χ2n) is 20.9. The molecule has 6 atom stereocenters. The minimum atomic E-state index is -5.79. The first-order valence-corrected chi connectivity index (χ1v) is 40.6. The minimum absolute atomic E-state index is 0.0455. The number of carbonyl (C=O) groups is 3. The number of rotatable bonds is 38. The van der Waals surface area contributed by atoms with Crippen LogP contribution in [-0.2, 0) is 102 Å². The van der Waals surface area contributed by atoms with Gasteiger partial charge in [-0.15, -0.1) is 25.3 Å². The van der Waals surface area contributed by atoms with Crippen LogP contribution in [0.5, 0.6) is 0 Å². The first-order valence-electron chi connectivity index (χ1n) is 29.3. The van der Waals surface area contributed by atoms with Gasteiger partial charge in [0, 0.05) is 77.1 Å². The molecule has 0 saturated carbocycles. The SMILES string of the molecule is C=C(NCCOCCOCCNC(=O)OCCC(C)(C)SSCOCCCCOC(=O)NCC#Cc1cn([C@H]2C[C@@H](OCS(=S)CC)[C@@H](COP(=O)(O)OP(=O)(O)OP(=O)(O)O)O2)c(=O)nc1N)c1ccc(C(=O)O)c(-c2c3ccc(=[NH2+])cc-3oc3cc(N)ccc23)c1.O=S(=O)=O.O=S(=O)=O. The van der Waals surface area contributed by atoms with E-state index in [9.17, 15) is 47.8 Å².